The van der Waals surface area contributed by atoms with Gasteiger partial charge >= 0.3 is 12.1 Å². The Hall–Kier alpha value is -1.79. The van der Waals surface area contributed by atoms with Crippen LogP contribution in [0.2, 0.25) is 0 Å². The predicted octanol–water partition coefficient (Wildman–Crippen LogP) is 2.29. The van der Waals surface area contributed by atoms with Crippen LogP contribution in [0, 0.1) is 0 Å². The van der Waals surface area contributed by atoms with Crippen LogP contribution in [0.5, 0.6) is 0 Å². The van der Waals surface area contributed by atoms with Crippen LogP contribution in [-0.4, -0.2) is 51.2 Å². The SMILES string of the molecule is CC(C)(C)OC(=O)N[C@@]1(C)CCCC[C@H]2CC[C@@H](C(=O)O)N2C1=O. The van der Waals surface area contributed by atoms with Crippen LogP contribution in [0.4, 0.5) is 4.79 Å². The number of carbonyl (C=O) groups is 3. The van der Waals surface area contributed by atoms with Crippen LogP contribution in [0.25, 0.3) is 0 Å². The summed E-state index contributed by atoms with van der Waals surface area (Å²) in [6.45, 7) is 6.93. The van der Waals surface area contributed by atoms with Crippen LogP contribution >= 0.6 is 0 Å². The quantitative estimate of drug-likeness (QED) is 0.804. The highest BCUT2D eigenvalue weighted by atomic mass is 16.6. The number of amides is 2. The van der Waals surface area contributed by atoms with Crippen molar-refractivity contribution in [2.75, 3.05) is 0 Å². The second-order valence-electron chi connectivity index (χ2n) is 8.00. The first-order valence-corrected chi connectivity index (χ1v) is 8.60. The minimum Gasteiger partial charge on any atom is -0.480 e. The fourth-order valence-corrected chi connectivity index (χ4v) is 3.61. The van der Waals surface area contributed by atoms with Crippen molar-refractivity contribution < 1.29 is 24.2 Å². The van der Waals surface area contributed by atoms with E-state index in [9.17, 15) is 19.5 Å². The first-order valence-electron chi connectivity index (χ1n) is 8.60. The summed E-state index contributed by atoms with van der Waals surface area (Å²) in [4.78, 5) is 38.3. The molecule has 2 amide bonds. The second kappa shape index (κ2) is 6.61. The molecule has 136 valence electrons. The maximum atomic E-state index is 13.1. The average Bonchev–Trinajstić information content (AvgIpc) is 2.82. The molecule has 2 heterocycles. The van der Waals surface area contributed by atoms with Crippen molar-refractivity contribution in [3.63, 3.8) is 0 Å². The van der Waals surface area contributed by atoms with Gasteiger partial charge in [0.2, 0.25) is 5.91 Å². The third-order valence-corrected chi connectivity index (χ3v) is 4.74. The van der Waals surface area contributed by atoms with Crippen LogP contribution in [-0.2, 0) is 14.3 Å². The Labute approximate surface area is 142 Å². The van der Waals surface area contributed by atoms with Crippen LogP contribution in [0.3, 0.4) is 0 Å². The highest BCUT2D eigenvalue weighted by Crippen LogP contribution is 2.34. The van der Waals surface area contributed by atoms with Gasteiger partial charge in [0.05, 0.1) is 0 Å². The van der Waals surface area contributed by atoms with Crippen molar-refractivity contribution in [3.8, 4) is 0 Å². The first kappa shape index (κ1) is 18.5. The van der Waals surface area contributed by atoms with E-state index in [0.717, 1.165) is 19.3 Å². The fraction of sp³-hybridized carbons (Fsp3) is 0.824. The molecule has 2 aliphatic rings. The molecule has 2 rings (SSSR count). The normalized spacial score (nSPS) is 31.0. The number of fused-ring (bicyclic) bond motifs is 1. The topological polar surface area (TPSA) is 95.9 Å². The molecular weight excluding hydrogens is 312 g/mol. The zero-order valence-electron chi connectivity index (χ0n) is 14.9. The molecule has 0 radical (unpaired) electrons. The maximum Gasteiger partial charge on any atom is 0.408 e. The lowest BCUT2D eigenvalue weighted by Crippen LogP contribution is -2.62. The van der Waals surface area contributed by atoms with E-state index in [1.807, 2.05) is 0 Å². The number of carboxylic acid groups (broad SMARTS) is 1. The van der Waals surface area contributed by atoms with Gasteiger partial charge in [0, 0.05) is 6.04 Å². The molecule has 2 fully saturated rings. The lowest BCUT2D eigenvalue weighted by atomic mass is 9.88. The van der Waals surface area contributed by atoms with Gasteiger partial charge in [-0.1, -0.05) is 12.8 Å². The molecular formula is C17H28N2O5. The minimum atomic E-state index is -1.14. The van der Waals surface area contributed by atoms with Gasteiger partial charge in [-0.2, -0.15) is 0 Å². The summed E-state index contributed by atoms with van der Waals surface area (Å²) in [5.74, 6) is -1.30. The van der Waals surface area contributed by atoms with Gasteiger partial charge in [-0.3, -0.25) is 4.79 Å². The molecule has 0 aliphatic carbocycles. The van der Waals surface area contributed by atoms with Gasteiger partial charge in [-0.15, -0.1) is 0 Å². The van der Waals surface area contributed by atoms with Gasteiger partial charge in [-0.05, 0) is 53.4 Å². The van der Waals surface area contributed by atoms with E-state index in [-0.39, 0.29) is 11.9 Å². The zero-order chi connectivity index (χ0) is 18.1. The van der Waals surface area contributed by atoms with E-state index in [4.69, 9.17) is 4.74 Å². The smallest absolute Gasteiger partial charge is 0.408 e. The number of hydrogen-bond donors (Lipinski definition) is 2. The molecule has 7 heteroatoms. The summed E-state index contributed by atoms with van der Waals surface area (Å²) in [5.41, 5.74) is -1.80. The predicted molar refractivity (Wildman–Crippen MR) is 87.5 cm³/mol. The molecule has 0 aromatic heterocycles. The van der Waals surface area contributed by atoms with Crippen molar-refractivity contribution in [1.29, 1.82) is 0 Å². The number of alkyl carbamates (subject to hydrolysis) is 1. The Morgan fingerprint density at radius 3 is 2.50 bits per heavy atom. The molecule has 2 aliphatic heterocycles. The molecule has 0 aromatic rings. The fourth-order valence-electron chi connectivity index (χ4n) is 3.61. The number of aliphatic carboxylic acids is 1. The van der Waals surface area contributed by atoms with Crippen molar-refractivity contribution in [2.45, 2.75) is 89.4 Å². The number of carbonyl (C=O) groups excluding carboxylic acids is 2. The van der Waals surface area contributed by atoms with Crippen LogP contribution < -0.4 is 5.32 Å². The molecule has 0 saturated carbocycles. The Kier molecular flexibility index (Phi) is 5.11. The third-order valence-electron chi connectivity index (χ3n) is 4.74. The molecule has 0 spiro atoms. The van der Waals surface area contributed by atoms with Gasteiger partial charge < -0.3 is 20.1 Å². The van der Waals surface area contributed by atoms with Crippen molar-refractivity contribution in [3.05, 3.63) is 0 Å². The van der Waals surface area contributed by atoms with Crippen LogP contribution in [0.15, 0.2) is 0 Å². The number of rotatable bonds is 2. The van der Waals surface area contributed by atoms with Gasteiger partial charge in [0.15, 0.2) is 0 Å². The number of carboxylic acids is 1. The second-order valence-corrected chi connectivity index (χ2v) is 8.00. The molecule has 0 bridgehead atoms. The largest absolute Gasteiger partial charge is 0.480 e. The summed E-state index contributed by atoms with van der Waals surface area (Å²) < 4.78 is 5.27. The third kappa shape index (κ3) is 3.99. The minimum absolute atomic E-state index is 0.0568. The summed E-state index contributed by atoms with van der Waals surface area (Å²) in [6.07, 6.45) is 3.52. The molecule has 7 nitrogen and oxygen atoms in total. The number of nitrogens with zero attached hydrogens (tertiary/aromatic N) is 1. The van der Waals surface area contributed by atoms with Gasteiger partial charge in [0.1, 0.15) is 17.2 Å². The lowest BCUT2D eigenvalue weighted by molar-refractivity contribution is -0.153. The van der Waals surface area contributed by atoms with Crippen molar-refractivity contribution >= 4 is 18.0 Å². The monoisotopic (exact) mass is 340 g/mol. The molecule has 0 aromatic carbocycles. The van der Waals surface area contributed by atoms with E-state index < -0.39 is 29.2 Å². The Morgan fingerprint density at radius 1 is 1.25 bits per heavy atom. The van der Waals surface area contributed by atoms with Gasteiger partial charge in [0.25, 0.3) is 0 Å². The zero-order valence-corrected chi connectivity index (χ0v) is 14.9. The Morgan fingerprint density at radius 2 is 1.92 bits per heavy atom. The number of nitrogens with one attached hydrogen (secondary N) is 1. The summed E-state index contributed by atoms with van der Waals surface area (Å²) in [6, 6.07) is -0.862. The molecule has 3 atom stereocenters. The van der Waals surface area contributed by atoms with E-state index in [0.29, 0.717) is 19.3 Å². The highest BCUT2D eigenvalue weighted by molar-refractivity contribution is 5.93. The Bertz CT molecular complexity index is 528. The average molecular weight is 340 g/mol. The van der Waals surface area contributed by atoms with E-state index in [1.165, 1.54) is 4.90 Å². The molecule has 24 heavy (non-hydrogen) atoms. The molecule has 0 unspecified atom stereocenters. The number of ether oxygens (including phenoxy) is 1. The number of hydrogen-bond acceptors (Lipinski definition) is 4. The maximum absolute atomic E-state index is 13.1. The molecule has 2 saturated heterocycles. The van der Waals surface area contributed by atoms with Gasteiger partial charge in [-0.25, -0.2) is 9.59 Å². The van der Waals surface area contributed by atoms with Crippen molar-refractivity contribution in [1.82, 2.24) is 10.2 Å². The van der Waals surface area contributed by atoms with E-state index >= 15 is 0 Å². The van der Waals surface area contributed by atoms with E-state index in [2.05, 4.69) is 5.32 Å². The first-order chi connectivity index (χ1) is 11.0. The molecule has 2 N–H and O–H groups in total. The van der Waals surface area contributed by atoms with E-state index in [1.54, 1.807) is 27.7 Å². The standard InChI is InChI=1S/C17H28N2O5/c1-16(2,3)24-15(23)18-17(4)10-6-5-7-11-8-9-12(13(20)21)19(11)14(17)22/h11-12H,5-10H2,1-4H3,(H,18,23)(H,20,21)/t11-,12-,17-/m0/s1. The van der Waals surface area contributed by atoms with Crippen molar-refractivity contribution in [2.24, 2.45) is 0 Å². The summed E-state index contributed by atoms with van der Waals surface area (Å²) in [5, 5.41) is 12.1. The van der Waals surface area contributed by atoms with Crippen LogP contribution in [0.1, 0.15) is 66.2 Å². The summed E-state index contributed by atoms with van der Waals surface area (Å²) >= 11 is 0. The summed E-state index contributed by atoms with van der Waals surface area (Å²) in [7, 11) is 0. The Balaban J connectivity index is 2.22. The highest BCUT2D eigenvalue weighted by Gasteiger charge is 2.48. The lowest BCUT2D eigenvalue weighted by Gasteiger charge is -2.40.